The van der Waals surface area contributed by atoms with Crippen molar-refractivity contribution in [3.8, 4) is 0 Å². The Kier molecular flexibility index (Phi) is 7.43. The summed E-state index contributed by atoms with van der Waals surface area (Å²) in [5, 5.41) is 17.3. The predicted octanol–water partition coefficient (Wildman–Crippen LogP) is -0.475. The zero-order chi connectivity index (χ0) is 17.5. The number of carbonyl (C=O) groups is 1. The van der Waals surface area contributed by atoms with Crippen molar-refractivity contribution >= 4 is 16.1 Å². The smallest absolute Gasteiger partial charge is 0.317 e. The molecule has 0 spiro atoms. The summed E-state index contributed by atoms with van der Waals surface area (Å²) in [7, 11) is -0.636. The lowest BCUT2D eigenvalue weighted by molar-refractivity contribution is 0.0490. The van der Waals surface area contributed by atoms with Crippen LogP contribution < -0.4 is 10.5 Å². The van der Waals surface area contributed by atoms with Crippen molar-refractivity contribution in [1.29, 1.82) is 0 Å². The predicted molar refractivity (Wildman–Crippen MR) is 85.4 cm³/mol. The second-order valence-electron chi connectivity index (χ2n) is 5.16. The molecule has 1 atom stereocenters. The maximum atomic E-state index is 11.8. The summed E-state index contributed by atoms with van der Waals surface area (Å²) in [4.78, 5) is 13.2. The molecule has 0 bridgehead atoms. The molecule has 9 heteroatoms. The van der Waals surface area contributed by atoms with E-state index in [4.69, 9.17) is 9.88 Å². The van der Waals surface area contributed by atoms with Crippen LogP contribution in [0.4, 0.5) is 4.79 Å². The molecule has 0 radical (unpaired) electrons. The van der Waals surface area contributed by atoms with Gasteiger partial charge in [-0.3, -0.25) is 0 Å². The van der Waals surface area contributed by atoms with E-state index in [-0.39, 0.29) is 24.1 Å². The Labute approximate surface area is 136 Å². The molecule has 2 amide bonds. The number of primary sulfonamides is 1. The van der Waals surface area contributed by atoms with E-state index in [2.05, 4.69) is 5.32 Å². The number of likely N-dealkylation sites (N-methyl/N-ethyl adjacent to an activating group) is 1. The minimum Gasteiger partial charge on any atom is -0.389 e. The van der Waals surface area contributed by atoms with E-state index < -0.39 is 16.1 Å². The third-order valence-electron chi connectivity index (χ3n) is 3.13. The van der Waals surface area contributed by atoms with Crippen LogP contribution in [0.25, 0.3) is 0 Å². The number of aliphatic hydroxyl groups excluding tert-OH is 1. The van der Waals surface area contributed by atoms with Crippen molar-refractivity contribution < 1.29 is 23.1 Å². The minimum atomic E-state index is -3.69. The molecule has 1 aromatic carbocycles. The Balaban J connectivity index is 2.40. The Hall–Kier alpha value is -1.68. The zero-order valence-electron chi connectivity index (χ0n) is 13.2. The van der Waals surface area contributed by atoms with Gasteiger partial charge in [0, 0.05) is 20.7 Å². The molecule has 8 nitrogen and oxygen atoms in total. The molecular weight excluding hydrogens is 322 g/mol. The number of rotatable bonds is 8. The van der Waals surface area contributed by atoms with Crippen molar-refractivity contribution in [3.63, 3.8) is 0 Å². The quantitative estimate of drug-likeness (QED) is 0.588. The fraction of sp³-hybridized carbons (Fsp3) is 0.500. The topological polar surface area (TPSA) is 122 Å². The molecule has 130 valence electrons. The lowest BCUT2D eigenvalue weighted by Crippen LogP contribution is -2.42. The van der Waals surface area contributed by atoms with Crippen LogP contribution in [0, 0.1) is 0 Å². The Morgan fingerprint density at radius 1 is 1.39 bits per heavy atom. The molecule has 0 aliphatic rings. The van der Waals surface area contributed by atoms with Gasteiger partial charge >= 0.3 is 6.03 Å². The first kappa shape index (κ1) is 19.4. The van der Waals surface area contributed by atoms with Gasteiger partial charge in [-0.2, -0.15) is 0 Å². The molecule has 0 aliphatic carbocycles. The van der Waals surface area contributed by atoms with E-state index in [9.17, 15) is 18.3 Å². The van der Waals surface area contributed by atoms with Crippen LogP contribution in [0.5, 0.6) is 0 Å². The summed E-state index contributed by atoms with van der Waals surface area (Å²) in [6.45, 7) is 0.717. The van der Waals surface area contributed by atoms with Gasteiger partial charge in [0.25, 0.3) is 0 Å². The molecule has 1 rings (SSSR count). The van der Waals surface area contributed by atoms with E-state index in [1.807, 2.05) is 0 Å². The van der Waals surface area contributed by atoms with Crippen molar-refractivity contribution in [2.24, 2.45) is 5.14 Å². The number of amides is 2. The highest BCUT2D eigenvalue weighted by Crippen LogP contribution is 2.08. The van der Waals surface area contributed by atoms with Crippen LogP contribution in [0.15, 0.2) is 29.2 Å². The maximum Gasteiger partial charge on any atom is 0.317 e. The van der Waals surface area contributed by atoms with Crippen LogP contribution in [0.1, 0.15) is 5.56 Å². The average Bonchev–Trinajstić information content (AvgIpc) is 2.46. The molecule has 0 heterocycles. The van der Waals surface area contributed by atoms with E-state index in [0.29, 0.717) is 13.0 Å². The standard InChI is InChI=1S/C14H23N3O5S/c1-17(9-12(18)10-22-2)14(19)16-8-7-11-3-5-13(6-4-11)23(15,20)21/h3-6,12,18H,7-10H2,1-2H3,(H,16,19)(H2,15,20,21). The third-order valence-corrected chi connectivity index (χ3v) is 4.06. The number of benzene rings is 1. The van der Waals surface area contributed by atoms with Gasteiger partial charge in [-0.15, -0.1) is 0 Å². The van der Waals surface area contributed by atoms with Gasteiger partial charge in [0.15, 0.2) is 0 Å². The summed E-state index contributed by atoms with van der Waals surface area (Å²) < 4.78 is 27.1. The number of ether oxygens (including phenoxy) is 1. The second-order valence-corrected chi connectivity index (χ2v) is 6.72. The fourth-order valence-electron chi connectivity index (χ4n) is 1.94. The molecule has 0 aromatic heterocycles. The number of carbonyl (C=O) groups excluding carboxylic acids is 1. The highest BCUT2D eigenvalue weighted by molar-refractivity contribution is 7.89. The van der Waals surface area contributed by atoms with Crippen molar-refractivity contribution in [1.82, 2.24) is 10.2 Å². The number of nitrogens with zero attached hydrogens (tertiary/aromatic N) is 1. The molecule has 1 unspecified atom stereocenters. The van der Waals surface area contributed by atoms with Crippen LogP contribution in [-0.2, 0) is 21.2 Å². The van der Waals surface area contributed by atoms with Crippen molar-refractivity contribution in [2.75, 3.05) is 33.9 Å². The maximum absolute atomic E-state index is 11.8. The fourth-order valence-corrected chi connectivity index (χ4v) is 2.45. The van der Waals surface area contributed by atoms with Crippen LogP contribution >= 0.6 is 0 Å². The second kappa shape index (κ2) is 8.82. The van der Waals surface area contributed by atoms with E-state index in [1.165, 1.54) is 24.1 Å². The van der Waals surface area contributed by atoms with Gasteiger partial charge < -0.3 is 20.1 Å². The number of urea groups is 1. The molecule has 23 heavy (non-hydrogen) atoms. The molecule has 0 fully saturated rings. The third kappa shape index (κ3) is 6.95. The van der Waals surface area contributed by atoms with Gasteiger partial charge in [0.1, 0.15) is 0 Å². The summed E-state index contributed by atoms with van der Waals surface area (Å²) in [5.74, 6) is 0. The first-order valence-corrected chi connectivity index (χ1v) is 8.56. The summed E-state index contributed by atoms with van der Waals surface area (Å²) in [6.07, 6.45) is -0.188. The lowest BCUT2D eigenvalue weighted by Gasteiger charge is -2.20. The number of sulfonamides is 1. The molecule has 0 saturated carbocycles. The van der Waals surface area contributed by atoms with Gasteiger partial charge in [0.05, 0.1) is 24.2 Å². The Morgan fingerprint density at radius 2 is 2.00 bits per heavy atom. The number of hydrogen-bond donors (Lipinski definition) is 3. The summed E-state index contributed by atoms with van der Waals surface area (Å²) in [6, 6.07) is 5.86. The van der Waals surface area contributed by atoms with Crippen molar-refractivity contribution in [2.45, 2.75) is 17.4 Å². The number of nitrogens with one attached hydrogen (secondary N) is 1. The lowest BCUT2D eigenvalue weighted by atomic mass is 10.1. The van der Waals surface area contributed by atoms with Gasteiger partial charge in [-0.1, -0.05) is 12.1 Å². The van der Waals surface area contributed by atoms with E-state index >= 15 is 0 Å². The van der Waals surface area contributed by atoms with E-state index in [0.717, 1.165) is 5.56 Å². The average molecular weight is 345 g/mol. The monoisotopic (exact) mass is 345 g/mol. The Morgan fingerprint density at radius 3 is 2.52 bits per heavy atom. The summed E-state index contributed by atoms with van der Waals surface area (Å²) >= 11 is 0. The SMILES string of the molecule is COCC(O)CN(C)C(=O)NCCc1ccc(S(N)(=O)=O)cc1. The molecule has 4 N–H and O–H groups in total. The van der Waals surface area contributed by atoms with E-state index in [1.54, 1.807) is 19.2 Å². The highest BCUT2D eigenvalue weighted by Gasteiger charge is 2.13. The minimum absolute atomic E-state index is 0.0529. The first-order chi connectivity index (χ1) is 10.7. The van der Waals surface area contributed by atoms with Gasteiger partial charge in [0.2, 0.25) is 10.0 Å². The van der Waals surface area contributed by atoms with Crippen LogP contribution in [0.2, 0.25) is 0 Å². The first-order valence-electron chi connectivity index (χ1n) is 7.01. The zero-order valence-corrected chi connectivity index (χ0v) is 14.0. The number of aliphatic hydroxyl groups is 1. The molecule has 0 saturated heterocycles. The highest BCUT2D eigenvalue weighted by atomic mass is 32.2. The van der Waals surface area contributed by atoms with Gasteiger partial charge in [-0.25, -0.2) is 18.4 Å². The van der Waals surface area contributed by atoms with Crippen molar-refractivity contribution in [3.05, 3.63) is 29.8 Å². The number of hydrogen-bond acceptors (Lipinski definition) is 5. The molecule has 1 aromatic rings. The molecule has 0 aliphatic heterocycles. The largest absolute Gasteiger partial charge is 0.389 e. The number of nitrogens with two attached hydrogens (primary N) is 1. The molecular formula is C14H23N3O5S. The normalized spacial score (nSPS) is 12.7. The number of methoxy groups -OCH3 is 1. The van der Waals surface area contributed by atoms with Crippen LogP contribution in [0.3, 0.4) is 0 Å². The summed E-state index contributed by atoms with van der Waals surface area (Å²) in [5.41, 5.74) is 0.875. The Bertz CT molecular complexity index is 603. The van der Waals surface area contributed by atoms with Crippen LogP contribution in [-0.4, -0.2) is 64.4 Å². The van der Waals surface area contributed by atoms with Gasteiger partial charge in [-0.05, 0) is 24.1 Å².